The Morgan fingerprint density at radius 3 is 2.78 bits per heavy atom. The lowest BCUT2D eigenvalue weighted by Gasteiger charge is -2.27. The maximum Gasteiger partial charge on any atom is 0.300 e. The van der Waals surface area contributed by atoms with Crippen LogP contribution in [0.1, 0.15) is 10.4 Å². The van der Waals surface area contributed by atoms with Gasteiger partial charge in [-0.1, -0.05) is 11.6 Å². The Morgan fingerprint density at radius 1 is 1.50 bits per heavy atom. The van der Waals surface area contributed by atoms with E-state index in [1.165, 1.54) is 6.07 Å². The molecule has 0 unspecified atom stereocenters. The summed E-state index contributed by atoms with van der Waals surface area (Å²) in [4.78, 5) is 27.6. The zero-order valence-electron chi connectivity index (χ0n) is 9.43. The molecule has 0 saturated carbocycles. The average molecular weight is 271 g/mol. The van der Waals surface area contributed by atoms with Crippen molar-refractivity contribution in [2.24, 2.45) is 0 Å². The second-order valence-electron chi connectivity index (χ2n) is 3.82. The first-order valence-electron chi connectivity index (χ1n) is 5.39. The molecule has 96 valence electrons. The Morgan fingerprint density at radius 2 is 2.17 bits per heavy atom. The van der Waals surface area contributed by atoms with E-state index in [0.717, 1.165) is 6.20 Å². The van der Waals surface area contributed by atoms with E-state index in [1.54, 1.807) is 4.90 Å². The molecule has 8 heteroatoms. The number of halogens is 1. The summed E-state index contributed by atoms with van der Waals surface area (Å²) in [6.45, 7) is 2.41. The second-order valence-corrected chi connectivity index (χ2v) is 4.21. The van der Waals surface area contributed by atoms with Gasteiger partial charge in [0.05, 0.1) is 4.92 Å². The lowest BCUT2D eigenvalue weighted by molar-refractivity contribution is -0.385. The number of amides is 1. The molecule has 1 saturated heterocycles. The van der Waals surface area contributed by atoms with Gasteiger partial charge in [0.25, 0.3) is 11.6 Å². The molecule has 1 fully saturated rings. The average Bonchev–Trinajstić information content (AvgIpc) is 2.38. The third-order valence-corrected chi connectivity index (χ3v) is 2.89. The molecule has 18 heavy (non-hydrogen) atoms. The number of aromatic nitrogens is 1. The second kappa shape index (κ2) is 5.28. The number of hydrogen-bond donors (Lipinski definition) is 1. The molecule has 1 aromatic rings. The summed E-state index contributed by atoms with van der Waals surface area (Å²) >= 11 is 5.69. The van der Waals surface area contributed by atoms with Crippen molar-refractivity contribution in [3.63, 3.8) is 0 Å². The van der Waals surface area contributed by atoms with Gasteiger partial charge in [-0.2, -0.15) is 0 Å². The molecule has 1 aromatic heterocycles. The Balaban J connectivity index is 2.33. The largest absolute Gasteiger partial charge is 0.336 e. The number of pyridine rings is 1. The Hall–Kier alpha value is -1.73. The van der Waals surface area contributed by atoms with Gasteiger partial charge < -0.3 is 10.2 Å². The van der Waals surface area contributed by atoms with E-state index in [9.17, 15) is 14.9 Å². The standard InChI is InChI=1S/C10H11ClN4O3/c11-9-5-7(8(6-13-9)15(17)18)10(16)14-3-1-12-2-4-14/h5-6,12H,1-4H2. The van der Waals surface area contributed by atoms with E-state index in [4.69, 9.17) is 11.6 Å². The van der Waals surface area contributed by atoms with Crippen LogP contribution in [0.15, 0.2) is 12.3 Å². The summed E-state index contributed by atoms with van der Waals surface area (Å²) in [5, 5.41) is 14.0. The molecule has 2 heterocycles. The highest BCUT2D eigenvalue weighted by atomic mass is 35.5. The maximum atomic E-state index is 12.2. The van der Waals surface area contributed by atoms with Gasteiger partial charge in [-0.15, -0.1) is 0 Å². The molecular formula is C10H11ClN4O3. The summed E-state index contributed by atoms with van der Waals surface area (Å²) in [6, 6.07) is 1.24. The number of carbonyl (C=O) groups is 1. The van der Waals surface area contributed by atoms with Gasteiger partial charge in [0.1, 0.15) is 16.9 Å². The Labute approximate surface area is 108 Å². The van der Waals surface area contributed by atoms with Gasteiger partial charge in [0, 0.05) is 26.2 Å². The normalized spacial score (nSPS) is 15.5. The van der Waals surface area contributed by atoms with Crippen LogP contribution in [0, 0.1) is 10.1 Å². The third-order valence-electron chi connectivity index (χ3n) is 2.68. The van der Waals surface area contributed by atoms with Crippen molar-refractivity contribution in [1.29, 1.82) is 0 Å². The van der Waals surface area contributed by atoms with E-state index in [0.29, 0.717) is 26.2 Å². The fraction of sp³-hybridized carbons (Fsp3) is 0.400. The highest BCUT2D eigenvalue weighted by Crippen LogP contribution is 2.22. The molecule has 1 aliphatic heterocycles. The predicted molar refractivity (Wildman–Crippen MR) is 64.7 cm³/mol. The van der Waals surface area contributed by atoms with Crippen LogP contribution in [0.4, 0.5) is 5.69 Å². The van der Waals surface area contributed by atoms with Crippen LogP contribution in [0.5, 0.6) is 0 Å². The van der Waals surface area contributed by atoms with Crippen molar-refractivity contribution >= 4 is 23.2 Å². The molecule has 0 aromatic carbocycles. The summed E-state index contributed by atoms with van der Waals surface area (Å²) in [6.07, 6.45) is 1.01. The number of hydrogen-bond acceptors (Lipinski definition) is 5. The molecule has 1 N–H and O–H groups in total. The lowest BCUT2D eigenvalue weighted by Crippen LogP contribution is -2.46. The Bertz CT molecular complexity index is 488. The first kappa shape index (κ1) is 12.7. The predicted octanol–water partition coefficient (Wildman–Crippen LogP) is 0.689. The molecule has 1 aliphatic rings. The molecule has 1 amide bonds. The van der Waals surface area contributed by atoms with Crippen LogP contribution in [-0.4, -0.2) is 46.9 Å². The van der Waals surface area contributed by atoms with Gasteiger partial charge in [-0.25, -0.2) is 4.98 Å². The topological polar surface area (TPSA) is 88.4 Å². The zero-order valence-corrected chi connectivity index (χ0v) is 10.2. The van der Waals surface area contributed by atoms with Crippen molar-refractivity contribution in [2.45, 2.75) is 0 Å². The monoisotopic (exact) mass is 270 g/mol. The van der Waals surface area contributed by atoms with E-state index < -0.39 is 4.92 Å². The third kappa shape index (κ3) is 2.57. The van der Waals surface area contributed by atoms with Gasteiger partial charge in [0.15, 0.2) is 0 Å². The molecule has 0 atom stereocenters. The first-order valence-corrected chi connectivity index (χ1v) is 5.77. The minimum atomic E-state index is -0.626. The first-order chi connectivity index (χ1) is 8.59. The highest BCUT2D eigenvalue weighted by molar-refractivity contribution is 6.29. The van der Waals surface area contributed by atoms with E-state index in [1.807, 2.05) is 0 Å². The number of nitro groups is 1. The summed E-state index contributed by atoms with van der Waals surface area (Å²) in [5.41, 5.74) is -0.329. The van der Waals surface area contributed by atoms with Crippen LogP contribution < -0.4 is 5.32 Å². The fourth-order valence-electron chi connectivity index (χ4n) is 1.78. The van der Waals surface area contributed by atoms with E-state index >= 15 is 0 Å². The number of nitrogens with one attached hydrogen (secondary N) is 1. The molecule has 2 rings (SSSR count). The molecule has 7 nitrogen and oxygen atoms in total. The van der Waals surface area contributed by atoms with E-state index in [-0.39, 0.29) is 22.3 Å². The highest BCUT2D eigenvalue weighted by Gasteiger charge is 2.26. The molecular weight excluding hydrogens is 260 g/mol. The van der Waals surface area contributed by atoms with Gasteiger partial charge in [0.2, 0.25) is 0 Å². The van der Waals surface area contributed by atoms with Crippen molar-refractivity contribution < 1.29 is 9.72 Å². The minimum Gasteiger partial charge on any atom is -0.336 e. The fourth-order valence-corrected chi connectivity index (χ4v) is 1.94. The smallest absolute Gasteiger partial charge is 0.300 e. The van der Waals surface area contributed by atoms with Gasteiger partial charge in [-0.3, -0.25) is 14.9 Å². The van der Waals surface area contributed by atoms with Crippen molar-refractivity contribution in [2.75, 3.05) is 26.2 Å². The quantitative estimate of drug-likeness (QED) is 0.485. The van der Waals surface area contributed by atoms with Gasteiger partial charge >= 0.3 is 0 Å². The van der Waals surface area contributed by atoms with Crippen LogP contribution in [0.2, 0.25) is 5.15 Å². The Kier molecular flexibility index (Phi) is 3.73. The molecule has 0 radical (unpaired) electrons. The molecule has 0 spiro atoms. The van der Waals surface area contributed by atoms with Crippen LogP contribution in [0.3, 0.4) is 0 Å². The lowest BCUT2D eigenvalue weighted by atomic mass is 10.2. The van der Waals surface area contributed by atoms with Crippen LogP contribution in [0.25, 0.3) is 0 Å². The summed E-state index contributed by atoms with van der Waals surface area (Å²) in [7, 11) is 0. The minimum absolute atomic E-state index is 0.0121. The SMILES string of the molecule is O=C(c1cc(Cl)ncc1[N+](=O)[O-])N1CCNCC1. The number of rotatable bonds is 2. The van der Waals surface area contributed by atoms with Crippen molar-refractivity contribution in [1.82, 2.24) is 15.2 Å². The van der Waals surface area contributed by atoms with E-state index in [2.05, 4.69) is 10.3 Å². The van der Waals surface area contributed by atoms with Crippen LogP contribution in [-0.2, 0) is 0 Å². The zero-order chi connectivity index (χ0) is 13.1. The van der Waals surface area contributed by atoms with Crippen molar-refractivity contribution in [3.05, 3.63) is 33.1 Å². The molecule has 0 aliphatic carbocycles. The van der Waals surface area contributed by atoms with Gasteiger partial charge in [-0.05, 0) is 6.07 Å². The maximum absolute atomic E-state index is 12.2. The number of carbonyl (C=O) groups excluding carboxylic acids is 1. The van der Waals surface area contributed by atoms with Crippen LogP contribution >= 0.6 is 11.6 Å². The summed E-state index contributed by atoms with van der Waals surface area (Å²) in [5.74, 6) is -0.382. The summed E-state index contributed by atoms with van der Waals surface area (Å²) < 4.78 is 0. The van der Waals surface area contributed by atoms with Crippen molar-refractivity contribution in [3.8, 4) is 0 Å². The number of piperazine rings is 1. The molecule has 0 bridgehead atoms. The number of nitrogens with zero attached hydrogens (tertiary/aromatic N) is 3.